The zero-order valence-electron chi connectivity index (χ0n) is 23.4. The van der Waals surface area contributed by atoms with E-state index >= 15 is 0 Å². The topological polar surface area (TPSA) is 105 Å². The molecule has 0 saturated carbocycles. The molecule has 0 spiro atoms. The van der Waals surface area contributed by atoms with Gasteiger partial charge < -0.3 is 13.9 Å². The first-order valence-corrected chi connectivity index (χ1v) is 15.2. The number of ketones is 2. The van der Waals surface area contributed by atoms with Gasteiger partial charge >= 0.3 is 0 Å². The first-order valence-electron chi connectivity index (χ1n) is 13.3. The van der Waals surface area contributed by atoms with E-state index in [1.807, 2.05) is 110 Å². The Kier molecular flexibility index (Phi) is 11.9. The molecule has 3 aromatic carbocycles. The Labute approximate surface area is 253 Å². The van der Waals surface area contributed by atoms with Crippen molar-refractivity contribution in [3.63, 3.8) is 0 Å². The van der Waals surface area contributed by atoms with Crippen molar-refractivity contribution >= 4 is 35.1 Å². The van der Waals surface area contributed by atoms with Crippen LogP contribution in [-0.4, -0.2) is 53.5 Å². The Morgan fingerprint density at radius 3 is 1.95 bits per heavy atom. The summed E-state index contributed by atoms with van der Waals surface area (Å²) < 4.78 is 9.16. The normalized spacial score (nSPS) is 11.3. The lowest BCUT2D eigenvalue weighted by Crippen LogP contribution is -2.10. The third kappa shape index (κ3) is 9.42. The quantitative estimate of drug-likeness (QED) is 0.0932. The average molecular weight is 601 g/mol. The lowest BCUT2D eigenvalue weighted by molar-refractivity contribution is -0.116. The van der Waals surface area contributed by atoms with Crippen LogP contribution in [-0.2, 0) is 18.9 Å². The number of aromatic nitrogens is 6. The summed E-state index contributed by atoms with van der Waals surface area (Å²) in [7, 11) is 3.73. The van der Waals surface area contributed by atoms with Crippen LogP contribution >= 0.6 is 23.5 Å². The van der Waals surface area contributed by atoms with Gasteiger partial charge in [-0.25, -0.2) is 0 Å². The number of Topliss-reactive ketones (excluding diaryl/α,β-unsaturated/α-hetero) is 2. The summed E-state index contributed by atoms with van der Waals surface area (Å²) in [4.78, 5) is 24.6. The Balaban J connectivity index is 0.000000194. The SMILES string of the molecule is Cn1cnnc1SC(C(=O)c1ccccc1)c1ccccc1.Cn1cnnc1SCC(=O)CCCOc1ccccc1. The molecule has 0 N–H and O–H groups in total. The molecule has 0 saturated heterocycles. The molecule has 0 amide bonds. The van der Waals surface area contributed by atoms with E-state index in [0.29, 0.717) is 24.3 Å². The molecule has 216 valence electrons. The van der Waals surface area contributed by atoms with Gasteiger partial charge in [0.15, 0.2) is 16.1 Å². The standard InChI is InChI=1S/C17H15N3OS.C14H17N3O2S/c1-20-12-18-19-17(20)22-16(14-10-6-3-7-11-14)15(21)13-8-4-2-5-9-13;1-17-11-15-16-14(17)20-10-12(18)6-5-9-19-13-7-3-2-4-8-13/h2-12,16H,1H3;2-4,7-8,11H,5-6,9-10H2,1H3. The fourth-order valence-corrected chi connectivity index (χ4v) is 5.58. The molecule has 2 heterocycles. The molecule has 42 heavy (non-hydrogen) atoms. The smallest absolute Gasteiger partial charge is 0.191 e. The van der Waals surface area contributed by atoms with E-state index in [0.717, 1.165) is 28.0 Å². The number of para-hydroxylation sites is 1. The van der Waals surface area contributed by atoms with Gasteiger partial charge in [-0.15, -0.1) is 20.4 Å². The number of hydrogen-bond acceptors (Lipinski definition) is 9. The van der Waals surface area contributed by atoms with Crippen molar-refractivity contribution in [2.45, 2.75) is 28.4 Å². The van der Waals surface area contributed by atoms with E-state index < -0.39 is 0 Å². The molecular weight excluding hydrogens is 569 g/mol. The number of rotatable bonds is 13. The molecule has 1 atom stereocenters. The number of benzene rings is 3. The average Bonchev–Trinajstić information content (AvgIpc) is 3.65. The lowest BCUT2D eigenvalue weighted by atomic mass is 10.0. The minimum absolute atomic E-state index is 0.0693. The molecule has 0 aliphatic rings. The minimum atomic E-state index is -0.341. The Hall–Kier alpha value is -4.22. The number of ether oxygens (including phenoxy) is 1. The van der Waals surface area contributed by atoms with E-state index in [-0.39, 0.29) is 16.8 Å². The molecule has 0 aliphatic heterocycles. The van der Waals surface area contributed by atoms with Crippen LogP contribution in [0.4, 0.5) is 0 Å². The van der Waals surface area contributed by atoms with Crippen LogP contribution in [0.3, 0.4) is 0 Å². The van der Waals surface area contributed by atoms with E-state index in [9.17, 15) is 9.59 Å². The maximum Gasteiger partial charge on any atom is 0.191 e. The summed E-state index contributed by atoms with van der Waals surface area (Å²) in [5.41, 5.74) is 1.66. The highest BCUT2D eigenvalue weighted by Gasteiger charge is 2.25. The molecule has 0 aliphatic carbocycles. The van der Waals surface area contributed by atoms with E-state index in [2.05, 4.69) is 20.4 Å². The second-order valence-electron chi connectivity index (χ2n) is 9.18. The van der Waals surface area contributed by atoms with Gasteiger partial charge in [0.25, 0.3) is 0 Å². The minimum Gasteiger partial charge on any atom is -0.494 e. The number of nitrogens with zero attached hydrogens (tertiary/aromatic N) is 6. The molecule has 9 nitrogen and oxygen atoms in total. The van der Waals surface area contributed by atoms with Gasteiger partial charge in [0.1, 0.15) is 29.4 Å². The highest BCUT2D eigenvalue weighted by atomic mass is 32.2. The Morgan fingerprint density at radius 1 is 0.786 bits per heavy atom. The van der Waals surface area contributed by atoms with Crippen molar-refractivity contribution in [1.82, 2.24) is 29.5 Å². The Bertz CT molecular complexity index is 1530. The van der Waals surface area contributed by atoms with Crippen molar-refractivity contribution < 1.29 is 14.3 Å². The van der Waals surface area contributed by atoms with Gasteiger partial charge in [-0.05, 0) is 24.1 Å². The van der Waals surface area contributed by atoms with Crippen LogP contribution in [0.25, 0.3) is 0 Å². The highest BCUT2D eigenvalue weighted by molar-refractivity contribution is 8.00. The molecule has 2 aromatic heterocycles. The van der Waals surface area contributed by atoms with Crippen molar-refractivity contribution in [1.29, 1.82) is 0 Å². The van der Waals surface area contributed by atoms with Gasteiger partial charge in [-0.1, -0.05) is 102 Å². The first kappa shape index (κ1) is 30.7. The zero-order chi connectivity index (χ0) is 29.6. The lowest BCUT2D eigenvalue weighted by Gasteiger charge is -2.15. The van der Waals surface area contributed by atoms with E-state index in [4.69, 9.17) is 4.74 Å². The molecule has 0 fully saturated rings. The number of thioether (sulfide) groups is 2. The van der Waals surface area contributed by atoms with E-state index in [1.165, 1.54) is 23.5 Å². The van der Waals surface area contributed by atoms with Gasteiger partial charge in [0, 0.05) is 26.1 Å². The first-order chi connectivity index (χ1) is 20.5. The van der Waals surface area contributed by atoms with Crippen LogP contribution in [0.15, 0.2) is 114 Å². The fourth-order valence-electron chi connectivity index (χ4n) is 3.74. The fraction of sp³-hybridized carbons (Fsp3) is 0.226. The largest absolute Gasteiger partial charge is 0.494 e. The van der Waals surface area contributed by atoms with Crippen LogP contribution in [0, 0.1) is 0 Å². The van der Waals surface area contributed by atoms with Crippen molar-refractivity contribution in [2.75, 3.05) is 12.4 Å². The number of carbonyl (C=O) groups is 2. The summed E-state index contributed by atoms with van der Waals surface area (Å²) in [5, 5.41) is 16.8. The highest BCUT2D eigenvalue weighted by Crippen LogP contribution is 2.36. The van der Waals surface area contributed by atoms with E-state index in [1.54, 1.807) is 17.2 Å². The van der Waals surface area contributed by atoms with Crippen LogP contribution in [0.2, 0.25) is 0 Å². The summed E-state index contributed by atoms with van der Waals surface area (Å²) in [5.74, 6) is 1.54. The number of carbonyl (C=O) groups excluding carboxylic acids is 2. The second-order valence-corrected chi connectivity index (χ2v) is 11.2. The van der Waals surface area contributed by atoms with Gasteiger partial charge in [0.2, 0.25) is 0 Å². The van der Waals surface area contributed by atoms with Crippen molar-refractivity contribution in [3.05, 3.63) is 115 Å². The number of hydrogen-bond donors (Lipinski definition) is 0. The Morgan fingerprint density at radius 2 is 1.36 bits per heavy atom. The monoisotopic (exact) mass is 600 g/mol. The number of aryl methyl sites for hydroxylation is 2. The maximum atomic E-state index is 12.9. The third-order valence-corrected chi connectivity index (χ3v) is 8.33. The second kappa shape index (κ2) is 16.3. The molecule has 11 heteroatoms. The van der Waals surface area contributed by atoms with Crippen LogP contribution < -0.4 is 4.74 Å². The summed E-state index contributed by atoms with van der Waals surface area (Å²) in [6.45, 7) is 0.560. The maximum absolute atomic E-state index is 12.9. The zero-order valence-corrected chi connectivity index (χ0v) is 25.1. The third-order valence-electron chi connectivity index (χ3n) is 5.94. The molecule has 5 rings (SSSR count). The summed E-state index contributed by atoms with van der Waals surface area (Å²) in [6, 6.07) is 28.7. The van der Waals surface area contributed by atoms with Crippen LogP contribution in [0.1, 0.15) is 34.0 Å². The summed E-state index contributed by atoms with van der Waals surface area (Å²) in [6.07, 6.45) is 4.52. The van der Waals surface area contributed by atoms with Gasteiger partial charge in [-0.3, -0.25) is 9.59 Å². The van der Waals surface area contributed by atoms with Gasteiger partial charge in [-0.2, -0.15) is 0 Å². The van der Waals surface area contributed by atoms with Gasteiger partial charge in [0.05, 0.1) is 12.4 Å². The van der Waals surface area contributed by atoms with Crippen molar-refractivity contribution in [2.24, 2.45) is 14.1 Å². The molecule has 0 bridgehead atoms. The molecule has 0 radical (unpaired) electrons. The predicted molar refractivity (Wildman–Crippen MR) is 165 cm³/mol. The molecular formula is C31H32N6O3S2. The van der Waals surface area contributed by atoms with Crippen LogP contribution in [0.5, 0.6) is 5.75 Å². The molecule has 1 unspecified atom stereocenters. The predicted octanol–water partition coefficient (Wildman–Crippen LogP) is 5.87. The summed E-state index contributed by atoms with van der Waals surface area (Å²) >= 11 is 2.83. The molecule has 5 aromatic rings. The van der Waals surface area contributed by atoms with Crippen molar-refractivity contribution in [3.8, 4) is 5.75 Å².